The second kappa shape index (κ2) is 6.62. The van der Waals surface area contributed by atoms with Gasteiger partial charge in [-0.15, -0.1) is 0 Å². The van der Waals surface area contributed by atoms with Gasteiger partial charge in [0.25, 0.3) is 0 Å². The van der Waals surface area contributed by atoms with Gasteiger partial charge in [-0.05, 0) is 53.1 Å². The Hall–Kier alpha value is -1.67. The molecule has 2 unspecified atom stereocenters. The summed E-state index contributed by atoms with van der Waals surface area (Å²) < 4.78 is 0. The van der Waals surface area contributed by atoms with Crippen molar-refractivity contribution < 1.29 is 0 Å². The van der Waals surface area contributed by atoms with Crippen molar-refractivity contribution in [2.75, 3.05) is 6.54 Å². The zero-order valence-corrected chi connectivity index (χ0v) is 13.4. The van der Waals surface area contributed by atoms with Gasteiger partial charge in [0.1, 0.15) is 0 Å². The molecule has 0 bridgehead atoms. The lowest BCUT2D eigenvalue weighted by Gasteiger charge is -2.31. The molecule has 22 heavy (non-hydrogen) atoms. The number of nitrogens with zero attached hydrogens (tertiary/aromatic N) is 3. The van der Waals surface area contributed by atoms with Gasteiger partial charge in [0.05, 0.1) is 10.0 Å². The number of benzene rings is 2. The highest BCUT2D eigenvalue weighted by Gasteiger charge is 2.27. The van der Waals surface area contributed by atoms with Crippen molar-refractivity contribution in [3.05, 3.63) is 79.6 Å². The topological polar surface area (TPSA) is 48.8 Å². The quantitative estimate of drug-likeness (QED) is 0.376. The molecule has 3 rings (SSSR count). The monoisotopic (exact) mass is 331 g/mol. The molecule has 0 aromatic heterocycles. The highest BCUT2D eigenvalue weighted by Crippen LogP contribution is 2.40. The Kier molecular flexibility index (Phi) is 4.58. The summed E-state index contributed by atoms with van der Waals surface area (Å²) in [6, 6.07) is 14.3. The number of azide groups is 1. The molecule has 0 radical (unpaired) electrons. The highest BCUT2D eigenvalue weighted by molar-refractivity contribution is 6.42. The van der Waals surface area contributed by atoms with Crippen LogP contribution in [-0.4, -0.2) is 6.54 Å². The number of halogens is 2. The molecule has 2 aromatic rings. The Balaban J connectivity index is 2.00. The summed E-state index contributed by atoms with van der Waals surface area (Å²) >= 11 is 12.2. The number of hydrogen-bond donors (Lipinski definition) is 0. The molecule has 1 aliphatic carbocycles. The highest BCUT2D eigenvalue weighted by atomic mass is 35.5. The third-order valence-electron chi connectivity index (χ3n) is 4.26. The Morgan fingerprint density at radius 1 is 1.14 bits per heavy atom. The molecule has 0 heterocycles. The molecule has 0 spiro atoms. The molecule has 0 saturated heterocycles. The molecule has 2 aromatic carbocycles. The van der Waals surface area contributed by atoms with Crippen LogP contribution in [0, 0.1) is 5.92 Å². The molecule has 1 aliphatic rings. The average Bonchev–Trinajstić information content (AvgIpc) is 2.54. The van der Waals surface area contributed by atoms with E-state index in [1.165, 1.54) is 11.1 Å². The van der Waals surface area contributed by atoms with Gasteiger partial charge in [-0.1, -0.05) is 58.6 Å². The van der Waals surface area contributed by atoms with Crippen molar-refractivity contribution in [3.8, 4) is 0 Å². The molecule has 0 aliphatic heterocycles. The van der Waals surface area contributed by atoms with Crippen LogP contribution < -0.4 is 0 Å². The van der Waals surface area contributed by atoms with E-state index in [0.717, 1.165) is 18.4 Å². The van der Waals surface area contributed by atoms with Crippen LogP contribution in [-0.2, 0) is 6.42 Å². The largest absolute Gasteiger partial charge is 0.0937 e. The maximum atomic E-state index is 8.57. The van der Waals surface area contributed by atoms with E-state index >= 15 is 0 Å². The minimum atomic E-state index is 0.263. The molecular weight excluding hydrogens is 317 g/mol. The second-order valence-electron chi connectivity index (χ2n) is 5.64. The summed E-state index contributed by atoms with van der Waals surface area (Å²) in [4.78, 5) is 2.90. The van der Waals surface area contributed by atoms with Gasteiger partial charge < -0.3 is 0 Å². The van der Waals surface area contributed by atoms with Gasteiger partial charge >= 0.3 is 0 Å². The lowest BCUT2D eigenvalue weighted by Crippen LogP contribution is -2.21. The van der Waals surface area contributed by atoms with E-state index in [1.54, 1.807) is 0 Å². The maximum Gasteiger partial charge on any atom is 0.0595 e. The van der Waals surface area contributed by atoms with Crippen LogP contribution in [0.5, 0.6) is 0 Å². The first kappa shape index (κ1) is 15.2. The zero-order valence-electron chi connectivity index (χ0n) is 11.9. The molecule has 3 nitrogen and oxygen atoms in total. The van der Waals surface area contributed by atoms with Crippen LogP contribution in [0.1, 0.15) is 29.0 Å². The predicted molar refractivity (Wildman–Crippen MR) is 90.6 cm³/mol. The molecule has 2 atom stereocenters. The molecule has 5 heteroatoms. The number of rotatable bonds is 3. The van der Waals surface area contributed by atoms with E-state index in [1.807, 2.05) is 18.2 Å². The van der Waals surface area contributed by atoms with Crippen LogP contribution in [0.25, 0.3) is 10.4 Å². The van der Waals surface area contributed by atoms with E-state index in [4.69, 9.17) is 28.7 Å². The van der Waals surface area contributed by atoms with Gasteiger partial charge in [0.2, 0.25) is 0 Å². The fourth-order valence-electron chi connectivity index (χ4n) is 3.25. The lowest BCUT2D eigenvalue weighted by molar-refractivity contribution is 0.437. The molecular formula is C17H15Cl2N3. The Labute approximate surface area is 139 Å². The number of hydrogen-bond acceptors (Lipinski definition) is 1. The van der Waals surface area contributed by atoms with Crippen LogP contribution >= 0.6 is 23.2 Å². The van der Waals surface area contributed by atoms with Crippen LogP contribution in [0.2, 0.25) is 10.0 Å². The predicted octanol–water partition coefficient (Wildman–Crippen LogP) is 6.00. The minimum absolute atomic E-state index is 0.263. The smallest absolute Gasteiger partial charge is 0.0595 e. The van der Waals surface area contributed by atoms with E-state index in [0.29, 0.717) is 22.5 Å². The molecule has 0 N–H and O–H groups in total. The summed E-state index contributed by atoms with van der Waals surface area (Å²) in [5.41, 5.74) is 12.4. The van der Waals surface area contributed by atoms with Gasteiger partial charge in [0.15, 0.2) is 0 Å². The average molecular weight is 332 g/mol. The normalized spacial score (nSPS) is 20.1. The van der Waals surface area contributed by atoms with Gasteiger partial charge in [-0.25, -0.2) is 0 Å². The number of fused-ring (bicyclic) bond motifs is 1. The Bertz CT molecular complexity index is 738. The van der Waals surface area contributed by atoms with E-state index in [9.17, 15) is 0 Å². The molecule has 0 amide bonds. The fraction of sp³-hybridized carbons (Fsp3) is 0.294. The summed E-state index contributed by atoms with van der Waals surface area (Å²) in [6.45, 7) is 0.530. The lowest BCUT2D eigenvalue weighted by atomic mass is 9.74. The molecule has 112 valence electrons. The van der Waals surface area contributed by atoms with E-state index in [2.05, 4.69) is 34.3 Å². The van der Waals surface area contributed by atoms with Crippen molar-refractivity contribution in [3.63, 3.8) is 0 Å². The molecule has 0 fully saturated rings. The van der Waals surface area contributed by atoms with Crippen LogP contribution in [0.3, 0.4) is 0 Å². The summed E-state index contributed by atoms with van der Waals surface area (Å²) in [5.74, 6) is 0.615. The minimum Gasteiger partial charge on any atom is -0.0937 e. The standard InChI is InChI=1S/C17H15Cl2N3/c18-16-6-5-13(9-17(16)19)15-8-11(10-21-22-20)7-12-3-1-2-4-14(12)15/h1-6,9,11,15H,7-8,10H2. The Morgan fingerprint density at radius 3 is 2.73 bits per heavy atom. The fourth-order valence-corrected chi connectivity index (χ4v) is 3.56. The van der Waals surface area contributed by atoms with Crippen LogP contribution in [0.15, 0.2) is 47.6 Å². The van der Waals surface area contributed by atoms with Gasteiger partial charge in [-0.3, -0.25) is 0 Å². The van der Waals surface area contributed by atoms with Crippen molar-refractivity contribution in [2.45, 2.75) is 18.8 Å². The zero-order chi connectivity index (χ0) is 15.5. The van der Waals surface area contributed by atoms with E-state index in [-0.39, 0.29) is 5.92 Å². The summed E-state index contributed by atoms with van der Waals surface area (Å²) in [5, 5.41) is 4.91. The first-order chi connectivity index (χ1) is 10.7. The van der Waals surface area contributed by atoms with Gasteiger partial charge in [0, 0.05) is 17.4 Å². The Morgan fingerprint density at radius 2 is 1.95 bits per heavy atom. The van der Waals surface area contributed by atoms with Crippen molar-refractivity contribution in [1.29, 1.82) is 0 Å². The van der Waals surface area contributed by atoms with E-state index < -0.39 is 0 Å². The second-order valence-corrected chi connectivity index (χ2v) is 6.46. The summed E-state index contributed by atoms with van der Waals surface area (Å²) in [7, 11) is 0. The van der Waals surface area contributed by atoms with Crippen LogP contribution in [0.4, 0.5) is 0 Å². The third kappa shape index (κ3) is 3.07. The first-order valence-electron chi connectivity index (χ1n) is 7.22. The van der Waals surface area contributed by atoms with Crippen molar-refractivity contribution in [1.82, 2.24) is 0 Å². The SMILES string of the molecule is [N-]=[N+]=NCC1Cc2ccccc2C(c2ccc(Cl)c(Cl)c2)C1. The molecule has 0 saturated carbocycles. The first-order valence-corrected chi connectivity index (χ1v) is 7.98. The maximum absolute atomic E-state index is 8.57. The summed E-state index contributed by atoms with van der Waals surface area (Å²) in [6.07, 6.45) is 1.90. The van der Waals surface area contributed by atoms with Crippen molar-refractivity contribution in [2.24, 2.45) is 11.0 Å². The third-order valence-corrected chi connectivity index (χ3v) is 5.00. The van der Waals surface area contributed by atoms with Gasteiger partial charge in [-0.2, -0.15) is 0 Å². The van der Waals surface area contributed by atoms with Crippen molar-refractivity contribution >= 4 is 23.2 Å².